The van der Waals surface area contributed by atoms with Crippen LogP contribution in [-0.2, 0) is 14.4 Å². The minimum atomic E-state index is -1.33. The maximum Gasteiger partial charge on any atom is 0.330 e. The van der Waals surface area contributed by atoms with E-state index < -0.39 is 35.4 Å². The van der Waals surface area contributed by atoms with Crippen LogP contribution in [-0.4, -0.2) is 70.1 Å². The summed E-state index contributed by atoms with van der Waals surface area (Å²) in [5.74, 6) is -1.67. The van der Waals surface area contributed by atoms with Crippen LogP contribution in [0.4, 0.5) is 0 Å². The zero-order valence-corrected chi connectivity index (χ0v) is 27.8. The maximum absolute atomic E-state index is 13.9. The summed E-state index contributed by atoms with van der Waals surface area (Å²) in [7, 11) is 3.40. The molecule has 10 heteroatoms. The second-order valence-corrected chi connectivity index (χ2v) is 13.6. The summed E-state index contributed by atoms with van der Waals surface area (Å²) < 4.78 is 12.3. The molecule has 248 valence electrons. The first-order valence-electron chi connectivity index (χ1n) is 16.6. The fourth-order valence-electron chi connectivity index (χ4n) is 7.12. The lowest BCUT2D eigenvalue weighted by atomic mass is 9.93. The van der Waals surface area contributed by atoms with Gasteiger partial charge in [-0.05, 0) is 75.6 Å². The molecule has 3 heterocycles. The second kappa shape index (κ2) is 13.0. The van der Waals surface area contributed by atoms with Gasteiger partial charge in [0.1, 0.15) is 23.1 Å². The Hall–Kier alpha value is -4.47. The molecule has 10 nitrogen and oxygen atoms in total. The maximum atomic E-state index is 13.9. The Morgan fingerprint density at radius 3 is 2.60 bits per heavy atom. The first-order chi connectivity index (χ1) is 22.5. The van der Waals surface area contributed by atoms with E-state index in [9.17, 15) is 19.5 Å². The molecule has 3 aromatic rings. The number of rotatable bonds is 6. The van der Waals surface area contributed by atoms with E-state index >= 15 is 0 Å². The Morgan fingerprint density at radius 1 is 1.06 bits per heavy atom. The van der Waals surface area contributed by atoms with Crippen LogP contribution in [0.2, 0.25) is 0 Å². The van der Waals surface area contributed by atoms with Crippen LogP contribution in [0.3, 0.4) is 0 Å². The highest BCUT2D eigenvalue weighted by Gasteiger charge is 2.61. The molecule has 2 fully saturated rings. The first kappa shape index (κ1) is 32.5. The number of hydrogen-bond donors (Lipinski definition) is 2. The number of aryl methyl sites for hydroxylation is 1. The summed E-state index contributed by atoms with van der Waals surface area (Å²) in [5, 5.41) is 13.7. The van der Waals surface area contributed by atoms with Gasteiger partial charge < -0.3 is 24.8 Å². The molecular weight excluding hydrogens is 596 g/mol. The Bertz CT molecular complexity index is 1740. The van der Waals surface area contributed by atoms with Gasteiger partial charge in [0, 0.05) is 42.2 Å². The van der Waals surface area contributed by atoms with Crippen molar-refractivity contribution >= 4 is 28.7 Å². The van der Waals surface area contributed by atoms with Gasteiger partial charge in [0.2, 0.25) is 11.8 Å². The van der Waals surface area contributed by atoms with Crippen LogP contribution < -0.4 is 14.8 Å². The highest BCUT2D eigenvalue weighted by molar-refractivity contribution is 5.94. The van der Waals surface area contributed by atoms with Gasteiger partial charge >= 0.3 is 5.97 Å². The molecule has 2 aromatic heterocycles. The molecule has 2 saturated carbocycles. The van der Waals surface area contributed by atoms with E-state index in [2.05, 4.69) is 19.2 Å². The standard InChI is InChI=1S/C37H44N4O6/c1-21(2)28-12-10-13-29(38-28)30-19-32(25-14-15-31(46-5)22(3)33(25)39-30)47-24-17-26-27(18-24)35(43)41(4)16-9-7-6-8-11-23-20-37(23,36(44)45)40-34(26)42/h8,10-15,19,21,23-24,26-27H,6-7,9,16-18,20H2,1-5H3,(H,40,42)(H,44,45)/b11-8-/t23-,24+,26+,27+,37?/m0/s1. The van der Waals surface area contributed by atoms with Gasteiger partial charge in [0.05, 0.1) is 35.9 Å². The van der Waals surface area contributed by atoms with Gasteiger partial charge in [-0.3, -0.25) is 14.6 Å². The molecule has 0 bridgehead atoms. The van der Waals surface area contributed by atoms with Crippen molar-refractivity contribution in [3.8, 4) is 22.9 Å². The molecule has 0 spiro atoms. The van der Waals surface area contributed by atoms with Crippen LogP contribution in [0, 0.1) is 24.7 Å². The molecule has 0 saturated heterocycles. The summed E-state index contributed by atoms with van der Waals surface area (Å²) in [6, 6.07) is 11.6. The topological polar surface area (TPSA) is 131 Å². The van der Waals surface area contributed by atoms with E-state index in [0.29, 0.717) is 42.3 Å². The molecular formula is C37H44N4O6. The lowest BCUT2D eigenvalue weighted by molar-refractivity contribution is -0.145. The molecule has 1 aromatic carbocycles. The molecule has 47 heavy (non-hydrogen) atoms. The number of carbonyl (C=O) groups is 3. The number of fused-ring (bicyclic) bond motifs is 3. The van der Waals surface area contributed by atoms with E-state index in [1.165, 1.54) is 0 Å². The van der Waals surface area contributed by atoms with Gasteiger partial charge in [-0.25, -0.2) is 9.78 Å². The van der Waals surface area contributed by atoms with Crippen molar-refractivity contribution in [3.05, 3.63) is 59.8 Å². The summed E-state index contributed by atoms with van der Waals surface area (Å²) in [6.45, 7) is 6.73. The van der Waals surface area contributed by atoms with E-state index in [1.54, 1.807) is 19.1 Å². The quantitative estimate of drug-likeness (QED) is 0.330. The number of nitrogens with one attached hydrogen (secondary N) is 1. The average Bonchev–Trinajstić information content (AvgIpc) is 3.59. The molecule has 0 radical (unpaired) electrons. The van der Waals surface area contributed by atoms with Crippen molar-refractivity contribution in [3.63, 3.8) is 0 Å². The monoisotopic (exact) mass is 640 g/mol. The third kappa shape index (κ3) is 6.30. The largest absolute Gasteiger partial charge is 0.496 e. The summed E-state index contributed by atoms with van der Waals surface area (Å²) >= 11 is 0. The number of allylic oxidation sites excluding steroid dienone is 1. The first-order valence-corrected chi connectivity index (χ1v) is 16.6. The number of pyridine rings is 2. The van der Waals surface area contributed by atoms with E-state index in [-0.39, 0.29) is 24.2 Å². The second-order valence-electron chi connectivity index (χ2n) is 13.6. The number of carboxylic acids is 1. The van der Waals surface area contributed by atoms with Crippen LogP contribution in [0.15, 0.2) is 48.6 Å². The predicted octanol–water partition coefficient (Wildman–Crippen LogP) is 5.67. The number of carbonyl (C=O) groups excluding carboxylic acids is 2. The summed E-state index contributed by atoms with van der Waals surface area (Å²) in [4.78, 5) is 51.6. The molecule has 2 aliphatic carbocycles. The number of methoxy groups -OCH3 is 1. The molecule has 3 aliphatic rings. The Balaban J connectivity index is 1.36. The van der Waals surface area contributed by atoms with E-state index in [4.69, 9.17) is 19.4 Å². The summed E-state index contributed by atoms with van der Waals surface area (Å²) in [6.07, 6.45) is 6.93. The zero-order valence-electron chi connectivity index (χ0n) is 27.8. The number of aliphatic carboxylic acids is 1. The van der Waals surface area contributed by atoms with Gasteiger partial charge in [0.15, 0.2) is 0 Å². The number of nitrogens with zero attached hydrogens (tertiary/aromatic N) is 3. The van der Waals surface area contributed by atoms with Crippen molar-refractivity contribution in [2.24, 2.45) is 17.8 Å². The van der Waals surface area contributed by atoms with Crippen LogP contribution in [0.1, 0.15) is 69.5 Å². The summed E-state index contributed by atoms with van der Waals surface area (Å²) in [5.41, 5.74) is 2.56. The molecule has 6 rings (SSSR count). The highest BCUT2D eigenvalue weighted by atomic mass is 16.5. The van der Waals surface area contributed by atoms with Crippen LogP contribution in [0.5, 0.6) is 11.5 Å². The minimum Gasteiger partial charge on any atom is -0.496 e. The molecule has 5 atom stereocenters. The molecule has 2 N–H and O–H groups in total. The van der Waals surface area contributed by atoms with Gasteiger partial charge in [-0.1, -0.05) is 32.1 Å². The number of carboxylic acid groups (broad SMARTS) is 1. The third-order valence-corrected chi connectivity index (χ3v) is 10.1. The van der Waals surface area contributed by atoms with Gasteiger partial charge in [-0.15, -0.1) is 0 Å². The molecule has 1 unspecified atom stereocenters. The number of amides is 2. The Morgan fingerprint density at radius 2 is 1.85 bits per heavy atom. The number of benzene rings is 1. The lowest BCUT2D eigenvalue weighted by Gasteiger charge is -2.26. The smallest absolute Gasteiger partial charge is 0.330 e. The SMILES string of the molecule is COc1ccc2c(O[C@@H]3C[C@H]4C(=O)NC5(C(=O)O)C[C@@H]5/C=C\CCCCN(C)C(=O)[C@@H]4C3)cc(-c3cccc(C(C)C)n3)nc2c1C. The van der Waals surface area contributed by atoms with Crippen LogP contribution in [0.25, 0.3) is 22.3 Å². The molecule has 2 amide bonds. The fourth-order valence-corrected chi connectivity index (χ4v) is 7.12. The van der Waals surface area contributed by atoms with Crippen molar-refractivity contribution in [2.75, 3.05) is 20.7 Å². The van der Waals surface area contributed by atoms with E-state index in [0.717, 1.165) is 41.4 Å². The van der Waals surface area contributed by atoms with Gasteiger partial charge in [-0.2, -0.15) is 0 Å². The highest BCUT2D eigenvalue weighted by Crippen LogP contribution is 2.47. The minimum absolute atomic E-state index is 0.115. The van der Waals surface area contributed by atoms with Crippen molar-refractivity contribution in [2.45, 2.75) is 76.9 Å². The van der Waals surface area contributed by atoms with Crippen molar-refractivity contribution in [1.82, 2.24) is 20.2 Å². The van der Waals surface area contributed by atoms with Crippen molar-refractivity contribution in [1.29, 1.82) is 0 Å². The normalized spacial score (nSPS) is 27.1. The lowest BCUT2D eigenvalue weighted by Crippen LogP contribution is -2.49. The third-order valence-electron chi connectivity index (χ3n) is 10.1. The van der Waals surface area contributed by atoms with Crippen LogP contribution >= 0.6 is 0 Å². The fraction of sp³-hybridized carbons (Fsp3) is 0.486. The Labute approximate surface area is 275 Å². The van der Waals surface area contributed by atoms with E-state index in [1.807, 2.05) is 55.5 Å². The zero-order chi connectivity index (χ0) is 33.5. The Kier molecular flexibility index (Phi) is 8.96. The predicted molar refractivity (Wildman–Crippen MR) is 178 cm³/mol. The number of hydrogen-bond acceptors (Lipinski definition) is 7. The van der Waals surface area contributed by atoms with Gasteiger partial charge in [0.25, 0.3) is 0 Å². The average molecular weight is 641 g/mol. The molecule has 1 aliphatic heterocycles. The number of aromatic nitrogens is 2. The van der Waals surface area contributed by atoms with Crippen molar-refractivity contribution < 1.29 is 29.0 Å². The number of ether oxygens (including phenoxy) is 2.